The summed E-state index contributed by atoms with van der Waals surface area (Å²) < 4.78 is 6.95. The number of ether oxygens (including phenoxy) is 1. The van der Waals surface area contributed by atoms with Gasteiger partial charge in [0.1, 0.15) is 22.6 Å². The normalized spacial score (nSPS) is 11.3. The van der Waals surface area contributed by atoms with Crippen LogP contribution in [0.25, 0.3) is 22.2 Å². The minimum Gasteiger partial charge on any atom is -0.494 e. The molecule has 5 rings (SSSR count). The van der Waals surface area contributed by atoms with Crippen molar-refractivity contribution >= 4 is 40.1 Å². The SMILES string of the molecule is CCOc1ccc(/C=N/n2c(N)c(C(=O)NCc3ccccc3)c3nc4ccccc4nc32)cc1. The Bertz CT molecular complexity index is 1520. The second-order valence-corrected chi connectivity index (χ2v) is 7.87. The summed E-state index contributed by atoms with van der Waals surface area (Å²) in [5.74, 6) is 0.615. The zero-order valence-corrected chi connectivity index (χ0v) is 19.2. The topological polar surface area (TPSA) is 107 Å². The maximum atomic E-state index is 13.2. The molecule has 0 aliphatic rings. The number of nitrogens with two attached hydrogens (primary N) is 1. The molecule has 0 aliphatic heterocycles. The molecule has 2 heterocycles. The van der Waals surface area contributed by atoms with Gasteiger partial charge in [0.05, 0.1) is 23.9 Å². The first-order valence-electron chi connectivity index (χ1n) is 11.3. The number of aromatic nitrogens is 3. The molecule has 0 radical (unpaired) electrons. The molecular weight excluding hydrogens is 440 g/mol. The molecule has 1 amide bonds. The van der Waals surface area contributed by atoms with Gasteiger partial charge >= 0.3 is 0 Å². The number of hydrogen-bond donors (Lipinski definition) is 2. The van der Waals surface area contributed by atoms with E-state index in [0.29, 0.717) is 35.3 Å². The molecule has 8 nitrogen and oxygen atoms in total. The summed E-state index contributed by atoms with van der Waals surface area (Å²) in [6, 6.07) is 24.7. The number of para-hydroxylation sites is 2. The molecule has 174 valence electrons. The van der Waals surface area contributed by atoms with Gasteiger partial charge in [-0.2, -0.15) is 9.78 Å². The highest BCUT2D eigenvalue weighted by molar-refractivity contribution is 6.10. The zero-order valence-electron chi connectivity index (χ0n) is 19.2. The van der Waals surface area contributed by atoms with Crippen molar-refractivity contribution in [2.24, 2.45) is 5.10 Å². The van der Waals surface area contributed by atoms with Gasteiger partial charge in [-0.3, -0.25) is 4.79 Å². The van der Waals surface area contributed by atoms with Crippen LogP contribution in [0.2, 0.25) is 0 Å². The van der Waals surface area contributed by atoms with Crippen molar-refractivity contribution in [1.82, 2.24) is 20.0 Å². The van der Waals surface area contributed by atoms with Crippen molar-refractivity contribution in [2.75, 3.05) is 12.3 Å². The highest BCUT2D eigenvalue weighted by Crippen LogP contribution is 2.28. The average Bonchev–Trinajstić information content (AvgIpc) is 3.16. The molecule has 8 heteroatoms. The summed E-state index contributed by atoms with van der Waals surface area (Å²) in [7, 11) is 0. The highest BCUT2D eigenvalue weighted by atomic mass is 16.5. The molecule has 0 spiro atoms. The van der Waals surface area contributed by atoms with Crippen molar-refractivity contribution < 1.29 is 9.53 Å². The summed E-state index contributed by atoms with van der Waals surface area (Å²) in [5.41, 5.74) is 10.7. The van der Waals surface area contributed by atoms with Gasteiger partial charge in [-0.15, -0.1) is 0 Å². The van der Waals surface area contributed by atoms with Crippen LogP contribution in [-0.2, 0) is 6.54 Å². The Labute approximate surface area is 202 Å². The van der Waals surface area contributed by atoms with E-state index < -0.39 is 0 Å². The number of carbonyl (C=O) groups excluding carboxylic acids is 1. The third-order valence-electron chi connectivity index (χ3n) is 5.51. The number of amides is 1. The molecule has 3 N–H and O–H groups in total. The molecule has 5 aromatic rings. The molecule has 3 aromatic carbocycles. The zero-order chi connectivity index (χ0) is 24.2. The van der Waals surface area contributed by atoms with Crippen LogP contribution in [0.3, 0.4) is 0 Å². The minimum absolute atomic E-state index is 0.169. The third kappa shape index (κ3) is 4.54. The summed E-state index contributed by atoms with van der Waals surface area (Å²) >= 11 is 0. The lowest BCUT2D eigenvalue weighted by molar-refractivity contribution is 0.0953. The fourth-order valence-corrected chi connectivity index (χ4v) is 3.80. The summed E-state index contributed by atoms with van der Waals surface area (Å²) in [6.07, 6.45) is 1.66. The van der Waals surface area contributed by atoms with Crippen LogP contribution in [0, 0.1) is 0 Å². The van der Waals surface area contributed by atoms with Crippen LogP contribution in [0.1, 0.15) is 28.4 Å². The van der Waals surface area contributed by atoms with Crippen molar-refractivity contribution in [3.05, 3.63) is 95.6 Å². The van der Waals surface area contributed by atoms with E-state index in [9.17, 15) is 4.79 Å². The van der Waals surface area contributed by atoms with Crippen LogP contribution in [0.4, 0.5) is 5.82 Å². The fraction of sp³-hybridized carbons (Fsp3) is 0.111. The second-order valence-electron chi connectivity index (χ2n) is 7.87. The van der Waals surface area contributed by atoms with Gasteiger partial charge in [0, 0.05) is 6.54 Å². The summed E-state index contributed by atoms with van der Waals surface area (Å²) in [5, 5.41) is 7.49. The quantitative estimate of drug-likeness (QED) is 0.348. The molecule has 0 atom stereocenters. The van der Waals surface area contributed by atoms with Crippen molar-refractivity contribution in [3.63, 3.8) is 0 Å². The number of nitrogens with zero attached hydrogens (tertiary/aromatic N) is 4. The van der Waals surface area contributed by atoms with E-state index in [0.717, 1.165) is 16.9 Å². The van der Waals surface area contributed by atoms with Crippen LogP contribution in [0.5, 0.6) is 5.75 Å². The molecular formula is C27H24N6O2. The third-order valence-corrected chi connectivity index (χ3v) is 5.51. The highest BCUT2D eigenvalue weighted by Gasteiger charge is 2.24. The molecule has 35 heavy (non-hydrogen) atoms. The standard InChI is InChI=1S/C27H24N6O2/c1-2-35-20-14-12-19(13-15-20)17-30-33-25(28)23(27(34)29-16-18-8-4-3-5-9-18)24-26(33)32-22-11-7-6-10-21(22)31-24/h3-15,17H,2,16,28H2,1H3,(H,29,34)/b30-17+. The van der Waals surface area contributed by atoms with Crippen molar-refractivity contribution in [3.8, 4) is 5.75 Å². The van der Waals surface area contributed by atoms with Crippen LogP contribution in [-0.4, -0.2) is 33.4 Å². The molecule has 0 bridgehead atoms. The molecule has 0 fully saturated rings. The fourth-order valence-electron chi connectivity index (χ4n) is 3.80. The lowest BCUT2D eigenvalue weighted by Crippen LogP contribution is -2.23. The number of hydrogen-bond acceptors (Lipinski definition) is 6. The molecule has 0 aliphatic carbocycles. The smallest absolute Gasteiger partial charge is 0.257 e. The molecule has 2 aromatic heterocycles. The van der Waals surface area contributed by atoms with Crippen LogP contribution < -0.4 is 15.8 Å². The monoisotopic (exact) mass is 464 g/mol. The Hall–Kier alpha value is -4.72. The maximum absolute atomic E-state index is 13.2. The lowest BCUT2D eigenvalue weighted by atomic mass is 10.2. The first-order valence-corrected chi connectivity index (χ1v) is 11.3. The van der Waals surface area contributed by atoms with Gasteiger partial charge in [0.25, 0.3) is 5.91 Å². The first-order chi connectivity index (χ1) is 17.1. The Morgan fingerprint density at radius 3 is 2.40 bits per heavy atom. The lowest BCUT2D eigenvalue weighted by Gasteiger charge is -2.05. The number of anilines is 1. The predicted molar refractivity (Wildman–Crippen MR) is 138 cm³/mol. The Kier molecular flexibility index (Phi) is 6.09. The van der Waals surface area contributed by atoms with E-state index in [1.807, 2.05) is 85.8 Å². The Balaban J connectivity index is 1.55. The van der Waals surface area contributed by atoms with E-state index in [2.05, 4.69) is 10.4 Å². The van der Waals surface area contributed by atoms with Gasteiger partial charge in [-0.1, -0.05) is 42.5 Å². The number of benzene rings is 3. The number of fused-ring (bicyclic) bond motifs is 2. The molecule has 0 saturated heterocycles. The predicted octanol–water partition coefficient (Wildman–Crippen LogP) is 4.38. The summed E-state index contributed by atoms with van der Waals surface area (Å²) in [6.45, 7) is 2.90. The minimum atomic E-state index is -0.337. The van der Waals surface area contributed by atoms with E-state index >= 15 is 0 Å². The van der Waals surface area contributed by atoms with Gasteiger partial charge in [0.2, 0.25) is 0 Å². The van der Waals surface area contributed by atoms with Gasteiger partial charge in [-0.05, 0) is 54.4 Å². The van der Waals surface area contributed by atoms with E-state index in [1.165, 1.54) is 4.68 Å². The van der Waals surface area contributed by atoms with Crippen LogP contribution >= 0.6 is 0 Å². The molecule has 0 saturated carbocycles. The first kappa shape index (κ1) is 22.1. The van der Waals surface area contributed by atoms with E-state index in [1.54, 1.807) is 6.21 Å². The average molecular weight is 465 g/mol. The van der Waals surface area contributed by atoms with Crippen LogP contribution in [0.15, 0.2) is 84.0 Å². The number of nitrogen functional groups attached to an aromatic ring is 1. The summed E-state index contributed by atoms with van der Waals surface area (Å²) in [4.78, 5) is 22.7. The van der Waals surface area contributed by atoms with Crippen molar-refractivity contribution in [1.29, 1.82) is 0 Å². The van der Waals surface area contributed by atoms with E-state index in [-0.39, 0.29) is 17.3 Å². The Morgan fingerprint density at radius 2 is 1.69 bits per heavy atom. The second kappa shape index (κ2) is 9.64. The number of nitrogens with one attached hydrogen (secondary N) is 1. The number of carbonyl (C=O) groups is 1. The van der Waals surface area contributed by atoms with Gasteiger partial charge in [-0.25, -0.2) is 9.97 Å². The number of rotatable bonds is 7. The van der Waals surface area contributed by atoms with Gasteiger partial charge in [0.15, 0.2) is 5.65 Å². The van der Waals surface area contributed by atoms with E-state index in [4.69, 9.17) is 20.4 Å². The molecule has 0 unspecified atom stereocenters. The largest absolute Gasteiger partial charge is 0.494 e. The maximum Gasteiger partial charge on any atom is 0.257 e. The van der Waals surface area contributed by atoms with Crippen molar-refractivity contribution in [2.45, 2.75) is 13.5 Å². The van der Waals surface area contributed by atoms with Gasteiger partial charge < -0.3 is 15.8 Å². The Morgan fingerprint density at radius 1 is 1.00 bits per heavy atom.